The van der Waals surface area contributed by atoms with Gasteiger partial charge in [-0.3, -0.25) is 4.79 Å². The molecule has 1 saturated heterocycles. The molecule has 1 aliphatic heterocycles. The van der Waals surface area contributed by atoms with Gasteiger partial charge in [0.05, 0.1) is 6.42 Å². The van der Waals surface area contributed by atoms with E-state index in [1.54, 1.807) is 0 Å². The summed E-state index contributed by atoms with van der Waals surface area (Å²) in [5.41, 5.74) is 5.50. The van der Waals surface area contributed by atoms with Gasteiger partial charge < -0.3 is 15.1 Å². The molecule has 0 aromatic heterocycles. The summed E-state index contributed by atoms with van der Waals surface area (Å²) >= 11 is 0. The standard InChI is InChI=1S/C22H29N3O/c1-4-24-11-13-25(14-12-24)20-9-10-21(18(3)15-20)23-22(26)16-19-7-5-17(2)6-8-19/h5-10,15H,4,11-14,16H2,1-3H3,(H,23,26). The van der Waals surface area contributed by atoms with Crippen LogP contribution in [0.5, 0.6) is 0 Å². The van der Waals surface area contributed by atoms with E-state index in [1.807, 2.05) is 30.3 Å². The maximum Gasteiger partial charge on any atom is 0.228 e. The van der Waals surface area contributed by atoms with Crippen molar-refractivity contribution in [2.24, 2.45) is 0 Å². The fourth-order valence-electron chi connectivity index (χ4n) is 3.39. The average molecular weight is 351 g/mol. The third kappa shape index (κ3) is 4.64. The summed E-state index contributed by atoms with van der Waals surface area (Å²) in [4.78, 5) is 17.3. The number of hydrogen-bond acceptors (Lipinski definition) is 3. The summed E-state index contributed by atoms with van der Waals surface area (Å²) in [6, 6.07) is 14.5. The molecule has 1 N–H and O–H groups in total. The number of hydrogen-bond donors (Lipinski definition) is 1. The van der Waals surface area contributed by atoms with Crippen molar-refractivity contribution >= 4 is 17.3 Å². The van der Waals surface area contributed by atoms with Crippen LogP contribution in [0.25, 0.3) is 0 Å². The summed E-state index contributed by atoms with van der Waals surface area (Å²) in [7, 11) is 0. The lowest BCUT2D eigenvalue weighted by molar-refractivity contribution is -0.115. The molecule has 4 heteroatoms. The SMILES string of the molecule is CCN1CCN(c2ccc(NC(=O)Cc3ccc(C)cc3)c(C)c2)CC1. The number of nitrogens with zero attached hydrogens (tertiary/aromatic N) is 2. The minimum absolute atomic E-state index is 0.0289. The van der Waals surface area contributed by atoms with E-state index in [1.165, 1.54) is 11.3 Å². The Labute approximate surface area is 156 Å². The Morgan fingerprint density at radius 3 is 2.31 bits per heavy atom. The van der Waals surface area contributed by atoms with Crippen LogP contribution in [0.4, 0.5) is 11.4 Å². The molecule has 1 amide bonds. The second-order valence-corrected chi connectivity index (χ2v) is 7.13. The molecule has 1 heterocycles. The third-order valence-corrected chi connectivity index (χ3v) is 5.15. The zero-order valence-electron chi connectivity index (χ0n) is 16.1. The largest absolute Gasteiger partial charge is 0.369 e. The van der Waals surface area contributed by atoms with Crippen LogP contribution >= 0.6 is 0 Å². The molecule has 1 aliphatic rings. The van der Waals surface area contributed by atoms with Crippen molar-refractivity contribution in [1.29, 1.82) is 0 Å². The van der Waals surface area contributed by atoms with Gasteiger partial charge in [-0.25, -0.2) is 0 Å². The van der Waals surface area contributed by atoms with E-state index >= 15 is 0 Å². The van der Waals surface area contributed by atoms with Gasteiger partial charge in [-0.1, -0.05) is 36.8 Å². The fraction of sp³-hybridized carbons (Fsp3) is 0.409. The van der Waals surface area contributed by atoms with Crippen molar-refractivity contribution in [2.45, 2.75) is 27.2 Å². The molecular formula is C22H29N3O. The zero-order chi connectivity index (χ0) is 18.5. The van der Waals surface area contributed by atoms with E-state index in [2.05, 4.69) is 48.0 Å². The van der Waals surface area contributed by atoms with E-state index in [9.17, 15) is 4.79 Å². The molecular weight excluding hydrogens is 322 g/mol. The monoisotopic (exact) mass is 351 g/mol. The Hall–Kier alpha value is -2.33. The van der Waals surface area contributed by atoms with Crippen LogP contribution in [0.1, 0.15) is 23.6 Å². The van der Waals surface area contributed by atoms with Crippen LogP contribution in [-0.4, -0.2) is 43.5 Å². The van der Waals surface area contributed by atoms with Gasteiger partial charge in [0.15, 0.2) is 0 Å². The second-order valence-electron chi connectivity index (χ2n) is 7.13. The molecule has 1 fully saturated rings. The summed E-state index contributed by atoms with van der Waals surface area (Å²) in [5, 5.41) is 3.05. The Bertz CT molecular complexity index is 746. The van der Waals surface area contributed by atoms with Crippen LogP contribution in [0.2, 0.25) is 0 Å². The highest BCUT2D eigenvalue weighted by molar-refractivity contribution is 5.93. The summed E-state index contributed by atoms with van der Waals surface area (Å²) in [6.07, 6.45) is 0.403. The van der Waals surface area contributed by atoms with Crippen molar-refractivity contribution < 1.29 is 4.79 Å². The Balaban J connectivity index is 1.60. The quantitative estimate of drug-likeness (QED) is 0.893. The van der Waals surface area contributed by atoms with Crippen LogP contribution in [0.3, 0.4) is 0 Å². The minimum Gasteiger partial charge on any atom is -0.369 e. The van der Waals surface area contributed by atoms with Gasteiger partial charge in [-0.15, -0.1) is 0 Å². The molecule has 0 bridgehead atoms. The fourth-order valence-corrected chi connectivity index (χ4v) is 3.39. The number of carbonyl (C=O) groups excluding carboxylic acids is 1. The lowest BCUT2D eigenvalue weighted by atomic mass is 10.1. The zero-order valence-corrected chi connectivity index (χ0v) is 16.1. The number of anilines is 2. The average Bonchev–Trinajstić information content (AvgIpc) is 2.65. The molecule has 3 rings (SSSR count). The number of benzene rings is 2. The summed E-state index contributed by atoms with van der Waals surface area (Å²) in [5.74, 6) is 0.0289. The van der Waals surface area contributed by atoms with Gasteiger partial charge >= 0.3 is 0 Å². The van der Waals surface area contributed by atoms with E-state index < -0.39 is 0 Å². The van der Waals surface area contributed by atoms with E-state index in [0.29, 0.717) is 6.42 Å². The molecule has 2 aromatic carbocycles. The smallest absolute Gasteiger partial charge is 0.228 e. The highest BCUT2D eigenvalue weighted by Gasteiger charge is 2.16. The topological polar surface area (TPSA) is 35.6 Å². The van der Waals surface area contributed by atoms with Crippen molar-refractivity contribution in [3.63, 3.8) is 0 Å². The Morgan fingerprint density at radius 1 is 1.00 bits per heavy atom. The molecule has 0 saturated carbocycles. The Morgan fingerprint density at radius 2 is 1.69 bits per heavy atom. The molecule has 0 atom stereocenters. The number of piperazine rings is 1. The van der Waals surface area contributed by atoms with Crippen molar-refractivity contribution in [1.82, 2.24) is 4.90 Å². The van der Waals surface area contributed by atoms with Crippen molar-refractivity contribution in [3.8, 4) is 0 Å². The summed E-state index contributed by atoms with van der Waals surface area (Å²) in [6.45, 7) is 11.8. The van der Waals surface area contributed by atoms with Gasteiger partial charge in [0.25, 0.3) is 0 Å². The molecule has 0 spiro atoms. The molecule has 138 valence electrons. The van der Waals surface area contributed by atoms with Crippen molar-refractivity contribution in [2.75, 3.05) is 42.9 Å². The maximum absolute atomic E-state index is 12.3. The molecule has 26 heavy (non-hydrogen) atoms. The summed E-state index contributed by atoms with van der Waals surface area (Å²) < 4.78 is 0. The first-order valence-corrected chi connectivity index (χ1v) is 9.48. The second kappa shape index (κ2) is 8.37. The number of aryl methyl sites for hydroxylation is 2. The first kappa shape index (κ1) is 18.5. The van der Waals surface area contributed by atoms with E-state index in [-0.39, 0.29) is 5.91 Å². The lowest BCUT2D eigenvalue weighted by Crippen LogP contribution is -2.46. The number of amides is 1. The molecule has 2 aromatic rings. The normalized spacial score (nSPS) is 15.1. The molecule has 0 radical (unpaired) electrons. The van der Waals surface area contributed by atoms with E-state index in [0.717, 1.165) is 49.5 Å². The van der Waals surface area contributed by atoms with Crippen LogP contribution < -0.4 is 10.2 Å². The molecule has 4 nitrogen and oxygen atoms in total. The number of carbonyl (C=O) groups is 1. The third-order valence-electron chi connectivity index (χ3n) is 5.15. The Kier molecular flexibility index (Phi) is 5.94. The van der Waals surface area contributed by atoms with Gasteiger partial charge in [-0.2, -0.15) is 0 Å². The maximum atomic E-state index is 12.3. The van der Waals surface area contributed by atoms with Gasteiger partial charge in [-0.05, 0) is 49.7 Å². The van der Waals surface area contributed by atoms with Crippen molar-refractivity contribution in [3.05, 3.63) is 59.2 Å². The van der Waals surface area contributed by atoms with Crippen LogP contribution in [0, 0.1) is 13.8 Å². The number of likely N-dealkylation sites (N-methyl/N-ethyl adjacent to an activating group) is 1. The predicted molar refractivity (Wildman–Crippen MR) is 109 cm³/mol. The number of rotatable bonds is 5. The van der Waals surface area contributed by atoms with E-state index in [4.69, 9.17) is 0 Å². The number of nitrogens with one attached hydrogen (secondary N) is 1. The van der Waals surface area contributed by atoms with Gasteiger partial charge in [0, 0.05) is 37.6 Å². The lowest BCUT2D eigenvalue weighted by Gasteiger charge is -2.35. The minimum atomic E-state index is 0.0289. The molecule has 0 aliphatic carbocycles. The van der Waals surface area contributed by atoms with Crippen LogP contribution in [-0.2, 0) is 11.2 Å². The van der Waals surface area contributed by atoms with Gasteiger partial charge in [0.1, 0.15) is 0 Å². The highest BCUT2D eigenvalue weighted by atomic mass is 16.1. The van der Waals surface area contributed by atoms with Crippen LogP contribution in [0.15, 0.2) is 42.5 Å². The van der Waals surface area contributed by atoms with Gasteiger partial charge in [0.2, 0.25) is 5.91 Å². The first-order chi connectivity index (χ1) is 12.5. The highest BCUT2D eigenvalue weighted by Crippen LogP contribution is 2.24. The predicted octanol–water partition coefficient (Wildman–Crippen LogP) is 3.63. The first-order valence-electron chi connectivity index (χ1n) is 9.48. The molecule has 0 unspecified atom stereocenters.